The molecule has 0 atom stereocenters. The van der Waals surface area contributed by atoms with Gasteiger partial charge in [-0.2, -0.15) is 0 Å². The number of piperazine rings is 1. The van der Waals surface area contributed by atoms with Crippen molar-refractivity contribution in [1.29, 1.82) is 0 Å². The molecule has 0 saturated carbocycles. The largest absolute Gasteiger partial charge is 0.503 e. The van der Waals surface area contributed by atoms with Crippen molar-refractivity contribution < 1.29 is 14.6 Å². The maximum absolute atomic E-state index is 12.4. The number of halogens is 1. The summed E-state index contributed by atoms with van der Waals surface area (Å²) >= 11 is 4.92. The third-order valence-corrected chi connectivity index (χ3v) is 5.78. The number of aryl methyl sites for hydroxylation is 1. The number of carbonyl (C=O) groups is 1. The van der Waals surface area contributed by atoms with Crippen molar-refractivity contribution in [3.05, 3.63) is 39.3 Å². The van der Waals surface area contributed by atoms with E-state index in [0.29, 0.717) is 23.3 Å². The lowest BCUT2D eigenvalue weighted by Crippen LogP contribution is -2.48. The second-order valence-corrected chi connectivity index (χ2v) is 7.66. The number of benzene rings is 1. The highest BCUT2D eigenvalue weighted by molar-refractivity contribution is 9.10. The molecule has 1 aliphatic heterocycles. The molecule has 26 heavy (non-hydrogen) atoms. The number of rotatable bonds is 4. The quantitative estimate of drug-likeness (QED) is 0.743. The number of thiazole rings is 1. The number of aromatic hydroxyl groups is 1. The number of amides is 1. The van der Waals surface area contributed by atoms with E-state index in [9.17, 15) is 9.90 Å². The predicted molar refractivity (Wildman–Crippen MR) is 107 cm³/mol. The zero-order valence-electron chi connectivity index (χ0n) is 14.6. The van der Waals surface area contributed by atoms with Crippen LogP contribution in [-0.4, -0.2) is 54.2 Å². The van der Waals surface area contributed by atoms with Crippen LogP contribution >= 0.6 is 27.3 Å². The van der Waals surface area contributed by atoms with Crippen molar-refractivity contribution >= 4 is 44.4 Å². The van der Waals surface area contributed by atoms with Gasteiger partial charge >= 0.3 is 0 Å². The Kier molecular flexibility index (Phi) is 5.83. The summed E-state index contributed by atoms with van der Waals surface area (Å²) in [4.78, 5) is 21.0. The summed E-state index contributed by atoms with van der Waals surface area (Å²) in [6.45, 7) is 4.90. The molecule has 1 saturated heterocycles. The number of ether oxygens (including phenoxy) is 1. The molecule has 3 rings (SSSR count). The SMILES string of the molecule is COc1cc(/C=C/C(=O)N2CCN(c3nc(C)cs3)CC2)cc(Br)c1O. The van der Waals surface area contributed by atoms with Crippen LogP contribution in [0.5, 0.6) is 11.5 Å². The molecule has 1 aliphatic rings. The van der Waals surface area contributed by atoms with Crippen molar-refractivity contribution in [2.75, 3.05) is 38.2 Å². The van der Waals surface area contributed by atoms with Gasteiger partial charge in [-0.15, -0.1) is 11.3 Å². The summed E-state index contributed by atoms with van der Waals surface area (Å²) in [5, 5.41) is 12.9. The molecule has 0 bridgehead atoms. The monoisotopic (exact) mass is 437 g/mol. The average Bonchev–Trinajstić information content (AvgIpc) is 3.08. The molecule has 0 aliphatic carbocycles. The normalized spacial score (nSPS) is 14.9. The fraction of sp³-hybridized carbons (Fsp3) is 0.333. The van der Waals surface area contributed by atoms with Gasteiger partial charge in [0.25, 0.3) is 0 Å². The Labute approximate surface area is 164 Å². The zero-order chi connectivity index (χ0) is 18.7. The van der Waals surface area contributed by atoms with E-state index in [1.54, 1.807) is 35.6 Å². The van der Waals surface area contributed by atoms with Crippen LogP contribution in [0.25, 0.3) is 6.08 Å². The third-order valence-electron chi connectivity index (χ3n) is 4.16. The van der Waals surface area contributed by atoms with Gasteiger partial charge in [0.05, 0.1) is 17.3 Å². The number of phenolic OH excluding ortho intramolecular Hbond substituents is 1. The summed E-state index contributed by atoms with van der Waals surface area (Å²) in [6.07, 6.45) is 3.28. The summed E-state index contributed by atoms with van der Waals surface area (Å²) < 4.78 is 5.65. The van der Waals surface area contributed by atoms with Crippen LogP contribution in [0, 0.1) is 6.92 Å². The van der Waals surface area contributed by atoms with E-state index >= 15 is 0 Å². The van der Waals surface area contributed by atoms with Gasteiger partial charge in [-0.3, -0.25) is 4.79 Å². The molecule has 0 unspecified atom stereocenters. The standard InChI is InChI=1S/C18H20BrN3O3S/c1-12-11-26-18(20-12)22-7-5-21(6-8-22)16(23)4-3-13-9-14(19)17(24)15(10-13)25-2/h3-4,9-11,24H,5-8H2,1-2H3/b4-3+. The van der Waals surface area contributed by atoms with E-state index in [0.717, 1.165) is 29.5 Å². The first kappa shape index (κ1) is 18.7. The molecule has 6 nitrogen and oxygen atoms in total. The van der Waals surface area contributed by atoms with Crippen LogP contribution in [0.3, 0.4) is 0 Å². The predicted octanol–water partition coefficient (Wildman–Crippen LogP) is 3.29. The summed E-state index contributed by atoms with van der Waals surface area (Å²) in [6, 6.07) is 3.43. The third kappa shape index (κ3) is 4.19. The van der Waals surface area contributed by atoms with Gasteiger partial charge in [-0.05, 0) is 46.6 Å². The van der Waals surface area contributed by atoms with Crippen molar-refractivity contribution in [3.63, 3.8) is 0 Å². The van der Waals surface area contributed by atoms with Crippen LogP contribution < -0.4 is 9.64 Å². The van der Waals surface area contributed by atoms with Gasteiger partial charge in [0, 0.05) is 37.6 Å². The van der Waals surface area contributed by atoms with Crippen molar-refractivity contribution in [2.45, 2.75) is 6.92 Å². The highest BCUT2D eigenvalue weighted by atomic mass is 79.9. The lowest BCUT2D eigenvalue weighted by atomic mass is 10.2. The molecule has 8 heteroatoms. The van der Waals surface area contributed by atoms with E-state index in [-0.39, 0.29) is 11.7 Å². The fourth-order valence-electron chi connectivity index (χ4n) is 2.72. The molecular formula is C18H20BrN3O3S. The number of carbonyl (C=O) groups excluding carboxylic acids is 1. The fourth-order valence-corrected chi connectivity index (χ4v) is 4.04. The highest BCUT2D eigenvalue weighted by Gasteiger charge is 2.21. The van der Waals surface area contributed by atoms with Gasteiger partial charge in [0.1, 0.15) is 0 Å². The molecule has 1 aromatic heterocycles. The molecule has 0 spiro atoms. The average molecular weight is 438 g/mol. The lowest BCUT2D eigenvalue weighted by molar-refractivity contribution is -0.126. The number of hydrogen-bond donors (Lipinski definition) is 1. The Morgan fingerprint density at radius 1 is 1.35 bits per heavy atom. The molecule has 0 radical (unpaired) electrons. The maximum Gasteiger partial charge on any atom is 0.246 e. The first-order chi connectivity index (χ1) is 12.5. The summed E-state index contributed by atoms with van der Waals surface area (Å²) in [5.74, 6) is 0.381. The minimum atomic E-state index is -0.0249. The topological polar surface area (TPSA) is 65.9 Å². The Balaban J connectivity index is 1.61. The number of nitrogens with zero attached hydrogens (tertiary/aromatic N) is 3. The van der Waals surface area contributed by atoms with E-state index in [2.05, 4.69) is 25.8 Å². The summed E-state index contributed by atoms with van der Waals surface area (Å²) in [7, 11) is 1.49. The summed E-state index contributed by atoms with van der Waals surface area (Å²) in [5.41, 5.74) is 1.80. The molecule has 1 aromatic carbocycles. The number of anilines is 1. The number of hydrogen-bond acceptors (Lipinski definition) is 6. The van der Waals surface area contributed by atoms with Gasteiger partial charge < -0.3 is 19.6 Å². The van der Waals surface area contributed by atoms with E-state index in [1.165, 1.54) is 7.11 Å². The maximum atomic E-state index is 12.4. The number of methoxy groups -OCH3 is 1. The van der Waals surface area contributed by atoms with E-state index in [4.69, 9.17) is 4.74 Å². The van der Waals surface area contributed by atoms with Crippen LogP contribution in [0.1, 0.15) is 11.3 Å². The van der Waals surface area contributed by atoms with Gasteiger partial charge in [0.2, 0.25) is 5.91 Å². The molecule has 138 valence electrons. The Hall–Kier alpha value is -2.06. The van der Waals surface area contributed by atoms with Crippen LogP contribution in [0.15, 0.2) is 28.1 Å². The smallest absolute Gasteiger partial charge is 0.246 e. The second-order valence-electron chi connectivity index (χ2n) is 5.97. The van der Waals surface area contributed by atoms with Crippen molar-refractivity contribution in [1.82, 2.24) is 9.88 Å². The number of phenols is 1. The number of aromatic nitrogens is 1. The zero-order valence-corrected chi connectivity index (χ0v) is 17.0. The molecule has 2 aromatic rings. The Morgan fingerprint density at radius 2 is 2.08 bits per heavy atom. The van der Waals surface area contributed by atoms with Crippen LogP contribution in [0.2, 0.25) is 0 Å². The van der Waals surface area contributed by atoms with Gasteiger partial charge in [-0.1, -0.05) is 0 Å². The lowest BCUT2D eigenvalue weighted by Gasteiger charge is -2.34. The minimum Gasteiger partial charge on any atom is -0.503 e. The Morgan fingerprint density at radius 3 is 2.69 bits per heavy atom. The van der Waals surface area contributed by atoms with Gasteiger partial charge in [0.15, 0.2) is 16.6 Å². The first-order valence-corrected chi connectivity index (χ1v) is 9.85. The molecule has 1 N–H and O–H groups in total. The highest BCUT2D eigenvalue weighted by Crippen LogP contribution is 2.35. The second kappa shape index (κ2) is 8.09. The van der Waals surface area contributed by atoms with E-state index < -0.39 is 0 Å². The van der Waals surface area contributed by atoms with Crippen molar-refractivity contribution in [2.24, 2.45) is 0 Å². The molecule has 1 amide bonds. The van der Waals surface area contributed by atoms with Crippen LogP contribution in [-0.2, 0) is 4.79 Å². The van der Waals surface area contributed by atoms with Crippen molar-refractivity contribution in [3.8, 4) is 11.5 Å². The van der Waals surface area contributed by atoms with Crippen LogP contribution in [0.4, 0.5) is 5.13 Å². The van der Waals surface area contributed by atoms with E-state index in [1.807, 2.05) is 17.2 Å². The molecule has 2 heterocycles. The first-order valence-electron chi connectivity index (χ1n) is 8.18. The molecule has 1 fully saturated rings. The minimum absolute atomic E-state index is 0.0249. The molecular weight excluding hydrogens is 418 g/mol. The Bertz CT molecular complexity index is 829. The van der Waals surface area contributed by atoms with Gasteiger partial charge in [-0.25, -0.2) is 4.98 Å².